The number of phenolic OH excluding ortho intramolecular Hbond substituents is 1. The van der Waals surface area contributed by atoms with Gasteiger partial charge in [0.15, 0.2) is 18.1 Å². The lowest BCUT2D eigenvalue weighted by Gasteiger charge is -2.24. The predicted molar refractivity (Wildman–Crippen MR) is 160 cm³/mol. The largest absolute Gasteiger partial charge is 0.508 e. The molecule has 0 fully saturated rings. The van der Waals surface area contributed by atoms with Gasteiger partial charge in [-0.1, -0.05) is 12.1 Å². The molecule has 4 amide bonds. The lowest BCUT2D eigenvalue weighted by Crippen LogP contribution is -2.55. The number of nitrogens with two attached hydrogens (primary N) is 1. The summed E-state index contributed by atoms with van der Waals surface area (Å²) < 4.78 is 16.6. The summed E-state index contributed by atoms with van der Waals surface area (Å²) in [7, 11) is 0. The van der Waals surface area contributed by atoms with Gasteiger partial charge in [-0.25, -0.2) is 10.2 Å². The van der Waals surface area contributed by atoms with E-state index < -0.39 is 48.1 Å². The van der Waals surface area contributed by atoms with Crippen molar-refractivity contribution in [3.8, 4) is 17.2 Å². The molecule has 0 aliphatic rings. The molecule has 0 saturated heterocycles. The molecule has 15 heteroatoms. The number of aliphatic hydroxyl groups excluding tert-OH is 1. The molecule has 43 heavy (non-hydrogen) atoms. The van der Waals surface area contributed by atoms with Crippen LogP contribution in [0.2, 0.25) is 0 Å². The van der Waals surface area contributed by atoms with Crippen molar-refractivity contribution in [2.45, 2.75) is 51.8 Å². The summed E-state index contributed by atoms with van der Waals surface area (Å²) in [5.74, 6) is -1.63. The summed E-state index contributed by atoms with van der Waals surface area (Å²) in [6.45, 7) is 5.87. The molecule has 0 radical (unpaired) electrons. The number of alkyl carbamates (subject to hydrolysis) is 1. The fraction of sp³-hybridized carbons (Fsp3) is 0.393. The summed E-state index contributed by atoms with van der Waals surface area (Å²) in [5.41, 5.74) is 7.77. The Morgan fingerprint density at radius 1 is 1.05 bits per heavy atom. The number of ether oxygens (including phenoxy) is 3. The van der Waals surface area contributed by atoms with Crippen molar-refractivity contribution in [3.05, 3.63) is 52.0 Å². The first kappa shape index (κ1) is 34.8. The van der Waals surface area contributed by atoms with Gasteiger partial charge in [0.25, 0.3) is 11.8 Å². The first-order valence-corrected chi connectivity index (χ1v) is 13.9. The van der Waals surface area contributed by atoms with E-state index in [1.54, 1.807) is 52.0 Å². The average Bonchev–Trinajstić information content (AvgIpc) is 2.91. The minimum atomic E-state index is -1.40. The molecule has 0 aromatic heterocycles. The van der Waals surface area contributed by atoms with Crippen molar-refractivity contribution >= 4 is 46.0 Å². The van der Waals surface area contributed by atoms with Gasteiger partial charge in [-0.2, -0.15) is 5.10 Å². The van der Waals surface area contributed by atoms with Crippen molar-refractivity contribution in [2.75, 3.05) is 19.8 Å². The van der Waals surface area contributed by atoms with Gasteiger partial charge in [0, 0.05) is 6.42 Å². The van der Waals surface area contributed by atoms with E-state index in [4.69, 9.17) is 19.9 Å². The predicted octanol–water partition coefficient (Wildman–Crippen LogP) is 1.48. The number of hydrogen-bond acceptors (Lipinski definition) is 10. The van der Waals surface area contributed by atoms with E-state index in [1.165, 1.54) is 18.3 Å². The van der Waals surface area contributed by atoms with Gasteiger partial charge in [0.2, 0.25) is 5.91 Å². The molecule has 0 heterocycles. The molecule has 2 atom stereocenters. The first-order chi connectivity index (χ1) is 20.2. The number of carbonyl (C=O) groups is 4. The molecule has 0 aliphatic carbocycles. The van der Waals surface area contributed by atoms with Gasteiger partial charge in [-0.05, 0) is 79.0 Å². The second-order valence-corrected chi connectivity index (χ2v) is 10.9. The summed E-state index contributed by atoms with van der Waals surface area (Å²) in [5, 5.41) is 28.1. The highest BCUT2D eigenvalue weighted by Crippen LogP contribution is 2.36. The Morgan fingerprint density at radius 3 is 2.30 bits per heavy atom. The van der Waals surface area contributed by atoms with Crippen molar-refractivity contribution in [2.24, 2.45) is 10.8 Å². The number of amides is 4. The first-order valence-electron chi connectivity index (χ1n) is 13.1. The number of primary amides is 1. The number of halogens is 1. The third-order valence-corrected chi connectivity index (χ3v) is 5.87. The molecule has 0 saturated carbocycles. The van der Waals surface area contributed by atoms with E-state index in [1.807, 2.05) is 0 Å². The van der Waals surface area contributed by atoms with Crippen LogP contribution in [0.15, 0.2) is 46.0 Å². The number of phenols is 1. The number of hydrogen-bond donors (Lipinski definition) is 6. The molecule has 7 N–H and O–H groups in total. The Bertz CT molecular complexity index is 1310. The van der Waals surface area contributed by atoms with E-state index in [9.17, 15) is 29.4 Å². The molecule has 0 unspecified atom stereocenters. The molecule has 0 aliphatic heterocycles. The Balaban J connectivity index is 2.22. The van der Waals surface area contributed by atoms with Crippen LogP contribution in [-0.4, -0.2) is 77.7 Å². The molecule has 2 rings (SSSR count). The Morgan fingerprint density at radius 2 is 1.72 bits per heavy atom. The molecule has 2 aromatic carbocycles. The van der Waals surface area contributed by atoms with Crippen molar-refractivity contribution in [1.29, 1.82) is 0 Å². The molecule has 0 spiro atoms. The summed E-state index contributed by atoms with van der Waals surface area (Å²) in [6.07, 6.45) is 0.391. The molecule has 0 bridgehead atoms. The molecule has 14 nitrogen and oxygen atoms in total. The SMILES string of the molecule is CCOc1cc(/C=N\NC(=O)[C@H](Cc2ccc(O)cc2)NC(=O)[C@H](CO)NC(=O)OC(C)(C)C)cc(Br)c1OCC(N)=O. The molecule has 234 valence electrons. The third kappa shape index (κ3) is 12.2. The van der Waals surface area contributed by atoms with Crippen LogP contribution in [0.3, 0.4) is 0 Å². The monoisotopic (exact) mass is 665 g/mol. The van der Waals surface area contributed by atoms with Crippen LogP contribution < -0.4 is 31.3 Å². The zero-order valence-electron chi connectivity index (χ0n) is 24.2. The minimum Gasteiger partial charge on any atom is -0.508 e. The van der Waals surface area contributed by atoms with Crippen LogP contribution in [-0.2, 0) is 25.5 Å². The summed E-state index contributed by atoms with van der Waals surface area (Å²) >= 11 is 3.35. The van der Waals surface area contributed by atoms with Crippen LogP contribution in [0, 0.1) is 0 Å². The lowest BCUT2D eigenvalue weighted by atomic mass is 10.0. The van der Waals surface area contributed by atoms with Gasteiger partial charge >= 0.3 is 6.09 Å². The maximum atomic E-state index is 13.1. The smallest absolute Gasteiger partial charge is 0.408 e. The van der Waals surface area contributed by atoms with Gasteiger partial charge in [0.05, 0.1) is 23.9 Å². The topological polar surface area (TPSA) is 211 Å². The lowest BCUT2D eigenvalue weighted by molar-refractivity contribution is -0.130. The molecular weight excluding hydrogens is 630 g/mol. The van der Waals surface area contributed by atoms with Crippen LogP contribution >= 0.6 is 15.9 Å². The standard InChI is InChI=1S/C28H36BrN5O9/c1-5-41-22-12-17(10-19(29)24(22)42-15-23(30)37)13-31-34-26(39)20(11-16-6-8-18(36)9-7-16)32-25(38)21(14-35)33-27(40)43-28(2,3)4/h6-10,12-13,20-21,35-36H,5,11,14-15H2,1-4H3,(H2,30,37)(H,32,38)(H,33,40)(H,34,39)/b31-13-/t20-,21-/m0/s1. The number of benzene rings is 2. The number of rotatable bonds is 14. The fourth-order valence-corrected chi connectivity index (χ4v) is 4.02. The number of hydrazone groups is 1. The average molecular weight is 667 g/mol. The number of aliphatic hydroxyl groups is 1. The Labute approximate surface area is 257 Å². The van der Waals surface area contributed by atoms with Crippen molar-refractivity contribution in [1.82, 2.24) is 16.1 Å². The number of aromatic hydroxyl groups is 1. The second-order valence-electron chi connectivity index (χ2n) is 10.1. The van der Waals surface area contributed by atoms with Crippen molar-refractivity contribution < 1.29 is 43.6 Å². The fourth-order valence-electron chi connectivity index (χ4n) is 3.45. The van der Waals surface area contributed by atoms with E-state index >= 15 is 0 Å². The molecular formula is C28H36BrN5O9. The highest BCUT2D eigenvalue weighted by molar-refractivity contribution is 9.10. The maximum absolute atomic E-state index is 13.1. The van der Waals surface area contributed by atoms with Gasteiger partial charge in [0.1, 0.15) is 23.4 Å². The van der Waals surface area contributed by atoms with Crippen LogP contribution in [0.4, 0.5) is 4.79 Å². The van der Waals surface area contributed by atoms with Crippen molar-refractivity contribution in [3.63, 3.8) is 0 Å². The zero-order chi connectivity index (χ0) is 32.2. The second kappa shape index (κ2) is 16.3. The number of nitrogens with one attached hydrogen (secondary N) is 3. The van der Waals surface area contributed by atoms with Crippen LogP contribution in [0.5, 0.6) is 17.2 Å². The molecule has 2 aromatic rings. The maximum Gasteiger partial charge on any atom is 0.408 e. The summed E-state index contributed by atoms with van der Waals surface area (Å²) in [4.78, 5) is 49.3. The van der Waals surface area contributed by atoms with Crippen LogP contribution in [0.1, 0.15) is 38.8 Å². The normalized spacial score (nSPS) is 12.6. The Hall–Kier alpha value is -4.37. The highest BCUT2D eigenvalue weighted by Gasteiger charge is 2.28. The number of nitrogens with zero attached hydrogens (tertiary/aromatic N) is 1. The summed E-state index contributed by atoms with van der Waals surface area (Å²) in [6, 6.07) is 6.58. The number of carbonyl (C=O) groups excluding carboxylic acids is 4. The van der Waals surface area contributed by atoms with Crippen LogP contribution in [0.25, 0.3) is 0 Å². The zero-order valence-corrected chi connectivity index (χ0v) is 25.8. The van der Waals surface area contributed by atoms with E-state index in [2.05, 4.69) is 37.1 Å². The highest BCUT2D eigenvalue weighted by atomic mass is 79.9. The Kier molecular flexibility index (Phi) is 13.2. The minimum absolute atomic E-state index is 0.0100. The van der Waals surface area contributed by atoms with Gasteiger partial charge in [-0.3, -0.25) is 14.4 Å². The van der Waals surface area contributed by atoms with Gasteiger partial charge in [-0.15, -0.1) is 0 Å². The van der Waals surface area contributed by atoms with E-state index in [-0.39, 0.29) is 24.5 Å². The quantitative estimate of drug-likeness (QED) is 0.127. The van der Waals surface area contributed by atoms with E-state index in [0.717, 1.165) is 0 Å². The van der Waals surface area contributed by atoms with Gasteiger partial charge < -0.3 is 40.8 Å². The third-order valence-electron chi connectivity index (χ3n) is 5.28. The van der Waals surface area contributed by atoms with E-state index in [0.29, 0.717) is 28.0 Å².